The minimum Gasteiger partial charge on any atom is -0.441 e. The number of hydrogen-bond acceptors (Lipinski definition) is 6. The standard InChI is InChI=1S/C21H17F3N6O2/c1-12-16(27-20(32-12)13-5-3-2-4-6-13)11-30-18(25)17(28-29-30)19(31)26-15-9-7-14(8-10-15)21(22,23)24/h2-10H,11,25H2,1H3,(H,26,31). The Bertz CT molecular complexity index is 1250. The number of carbonyl (C=O) groups excluding carboxylic acids is 1. The molecule has 32 heavy (non-hydrogen) atoms. The molecular formula is C21H17F3N6O2. The number of nitrogens with two attached hydrogens (primary N) is 1. The van der Waals surface area contributed by atoms with Crippen LogP contribution < -0.4 is 11.1 Å². The van der Waals surface area contributed by atoms with Crippen molar-refractivity contribution in [3.8, 4) is 11.5 Å². The van der Waals surface area contributed by atoms with Crippen LogP contribution in [0.15, 0.2) is 59.0 Å². The van der Waals surface area contributed by atoms with Gasteiger partial charge >= 0.3 is 6.18 Å². The van der Waals surface area contributed by atoms with Gasteiger partial charge in [0, 0.05) is 11.3 Å². The highest BCUT2D eigenvalue weighted by molar-refractivity contribution is 6.05. The number of hydrogen-bond donors (Lipinski definition) is 2. The Morgan fingerprint density at radius 1 is 1.12 bits per heavy atom. The van der Waals surface area contributed by atoms with Crippen molar-refractivity contribution in [1.29, 1.82) is 0 Å². The molecule has 8 nitrogen and oxygen atoms in total. The summed E-state index contributed by atoms with van der Waals surface area (Å²) in [5.41, 5.74) is 6.59. The highest BCUT2D eigenvalue weighted by atomic mass is 19.4. The second kappa shape index (κ2) is 8.17. The van der Waals surface area contributed by atoms with Crippen LogP contribution in [-0.2, 0) is 12.7 Å². The van der Waals surface area contributed by atoms with Crippen LogP contribution in [0.2, 0.25) is 0 Å². The van der Waals surface area contributed by atoms with Crippen LogP contribution in [0.3, 0.4) is 0 Å². The van der Waals surface area contributed by atoms with Gasteiger partial charge in [-0.15, -0.1) is 5.10 Å². The van der Waals surface area contributed by atoms with Crippen LogP contribution in [0.5, 0.6) is 0 Å². The SMILES string of the molecule is Cc1oc(-c2ccccc2)nc1Cn1nnc(C(=O)Nc2ccc(C(F)(F)F)cc2)c1N. The lowest BCUT2D eigenvalue weighted by atomic mass is 10.2. The smallest absolute Gasteiger partial charge is 0.416 e. The molecule has 0 radical (unpaired) electrons. The summed E-state index contributed by atoms with van der Waals surface area (Å²) in [5, 5.41) is 10.1. The average molecular weight is 442 g/mol. The van der Waals surface area contributed by atoms with Crippen molar-refractivity contribution in [1.82, 2.24) is 20.0 Å². The maximum absolute atomic E-state index is 12.7. The maximum Gasteiger partial charge on any atom is 0.416 e. The molecule has 4 aromatic rings. The van der Waals surface area contributed by atoms with Gasteiger partial charge in [0.05, 0.1) is 12.1 Å². The van der Waals surface area contributed by atoms with Crippen molar-refractivity contribution >= 4 is 17.4 Å². The number of alkyl halides is 3. The molecule has 0 unspecified atom stereocenters. The van der Waals surface area contributed by atoms with E-state index in [9.17, 15) is 18.0 Å². The molecular weight excluding hydrogens is 425 g/mol. The fourth-order valence-corrected chi connectivity index (χ4v) is 2.95. The van der Waals surface area contributed by atoms with Gasteiger partial charge in [-0.2, -0.15) is 13.2 Å². The van der Waals surface area contributed by atoms with Crippen molar-refractivity contribution in [3.05, 3.63) is 77.3 Å². The number of rotatable bonds is 5. The van der Waals surface area contributed by atoms with Crippen LogP contribution in [0.25, 0.3) is 11.5 Å². The molecule has 2 aromatic carbocycles. The van der Waals surface area contributed by atoms with Crippen LogP contribution in [-0.4, -0.2) is 25.9 Å². The summed E-state index contributed by atoms with van der Waals surface area (Å²) in [6, 6.07) is 13.4. The van der Waals surface area contributed by atoms with Crippen LogP contribution in [0.1, 0.15) is 27.5 Å². The zero-order chi connectivity index (χ0) is 22.9. The van der Waals surface area contributed by atoms with Crippen LogP contribution in [0, 0.1) is 6.92 Å². The molecule has 0 spiro atoms. The third-order valence-electron chi connectivity index (χ3n) is 4.67. The van der Waals surface area contributed by atoms with Crippen molar-refractivity contribution in [2.45, 2.75) is 19.6 Å². The average Bonchev–Trinajstić information content (AvgIpc) is 3.31. The zero-order valence-corrected chi connectivity index (χ0v) is 16.7. The molecule has 0 atom stereocenters. The summed E-state index contributed by atoms with van der Waals surface area (Å²) in [6.45, 7) is 1.87. The maximum atomic E-state index is 12.7. The van der Waals surface area contributed by atoms with E-state index in [1.54, 1.807) is 6.92 Å². The van der Waals surface area contributed by atoms with Crippen LogP contribution >= 0.6 is 0 Å². The molecule has 0 aliphatic carbocycles. The second-order valence-corrected chi connectivity index (χ2v) is 6.90. The van der Waals surface area contributed by atoms with Crippen molar-refractivity contribution in [2.75, 3.05) is 11.1 Å². The fourth-order valence-electron chi connectivity index (χ4n) is 2.95. The summed E-state index contributed by atoms with van der Waals surface area (Å²) < 4.78 is 45.0. The monoisotopic (exact) mass is 442 g/mol. The van der Waals surface area contributed by atoms with Gasteiger partial charge in [-0.3, -0.25) is 4.79 Å². The molecule has 2 aromatic heterocycles. The number of nitrogens with one attached hydrogen (secondary N) is 1. The molecule has 2 heterocycles. The molecule has 3 N–H and O–H groups in total. The number of carbonyl (C=O) groups is 1. The second-order valence-electron chi connectivity index (χ2n) is 6.90. The number of aromatic nitrogens is 4. The number of anilines is 2. The highest BCUT2D eigenvalue weighted by Gasteiger charge is 2.30. The molecule has 0 saturated carbocycles. The van der Waals surface area contributed by atoms with Gasteiger partial charge in [0.25, 0.3) is 5.91 Å². The van der Waals surface area contributed by atoms with Crippen molar-refractivity contribution in [3.63, 3.8) is 0 Å². The lowest BCUT2D eigenvalue weighted by molar-refractivity contribution is -0.137. The number of nitrogens with zero attached hydrogens (tertiary/aromatic N) is 4. The first kappa shape index (κ1) is 21.1. The van der Waals surface area contributed by atoms with E-state index in [2.05, 4.69) is 20.6 Å². The van der Waals surface area contributed by atoms with Gasteiger partial charge in [0.15, 0.2) is 11.5 Å². The van der Waals surface area contributed by atoms with E-state index in [-0.39, 0.29) is 23.7 Å². The third-order valence-corrected chi connectivity index (χ3v) is 4.67. The van der Waals surface area contributed by atoms with E-state index < -0.39 is 17.6 Å². The number of oxazole rings is 1. The first-order valence-electron chi connectivity index (χ1n) is 9.41. The quantitative estimate of drug-likeness (QED) is 0.480. The Hall–Kier alpha value is -4.15. The Kier molecular flexibility index (Phi) is 5.39. The van der Waals surface area contributed by atoms with Crippen molar-refractivity contribution in [2.24, 2.45) is 0 Å². The summed E-state index contributed by atoms with van der Waals surface area (Å²) in [6.07, 6.45) is -4.46. The molecule has 0 saturated heterocycles. The van der Waals surface area contributed by atoms with Gasteiger partial charge < -0.3 is 15.5 Å². The van der Waals surface area contributed by atoms with Gasteiger partial charge in [0.1, 0.15) is 11.5 Å². The number of amides is 1. The van der Waals surface area contributed by atoms with Gasteiger partial charge in [0.2, 0.25) is 5.89 Å². The molecule has 0 aliphatic rings. The van der Waals surface area contributed by atoms with Crippen LogP contribution in [0.4, 0.5) is 24.7 Å². The number of benzene rings is 2. The zero-order valence-electron chi connectivity index (χ0n) is 16.7. The minimum atomic E-state index is -4.46. The normalized spacial score (nSPS) is 11.5. The lowest BCUT2D eigenvalue weighted by Gasteiger charge is -2.08. The minimum absolute atomic E-state index is 0.0157. The molecule has 164 valence electrons. The number of halogens is 3. The van der Waals surface area contributed by atoms with Gasteiger partial charge in [-0.25, -0.2) is 9.67 Å². The van der Waals surface area contributed by atoms with E-state index in [4.69, 9.17) is 10.2 Å². The summed E-state index contributed by atoms with van der Waals surface area (Å²) in [5.74, 6) is 0.292. The number of aryl methyl sites for hydroxylation is 1. The highest BCUT2D eigenvalue weighted by Crippen LogP contribution is 2.30. The molecule has 0 bridgehead atoms. The lowest BCUT2D eigenvalue weighted by Crippen LogP contribution is -2.15. The Balaban J connectivity index is 1.49. The number of nitrogen functional groups attached to an aromatic ring is 1. The predicted octanol–water partition coefficient (Wildman–Crippen LogP) is 4.14. The van der Waals surface area contributed by atoms with Crippen molar-refractivity contribution < 1.29 is 22.4 Å². The van der Waals surface area contributed by atoms with E-state index in [1.165, 1.54) is 4.68 Å². The molecule has 11 heteroatoms. The third kappa shape index (κ3) is 4.31. The van der Waals surface area contributed by atoms with Gasteiger partial charge in [-0.05, 0) is 43.3 Å². The van der Waals surface area contributed by atoms with Gasteiger partial charge in [-0.1, -0.05) is 23.4 Å². The van der Waals surface area contributed by atoms with E-state index in [0.29, 0.717) is 17.3 Å². The first-order chi connectivity index (χ1) is 15.2. The van der Waals surface area contributed by atoms with E-state index >= 15 is 0 Å². The van der Waals surface area contributed by atoms with E-state index in [0.717, 1.165) is 29.8 Å². The largest absolute Gasteiger partial charge is 0.441 e. The summed E-state index contributed by atoms with van der Waals surface area (Å²) in [4.78, 5) is 16.9. The Morgan fingerprint density at radius 2 is 1.81 bits per heavy atom. The molecule has 1 amide bonds. The predicted molar refractivity (Wildman–Crippen MR) is 110 cm³/mol. The Morgan fingerprint density at radius 3 is 2.47 bits per heavy atom. The summed E-state index contributed by atoms with van der Waals surface area (Å²) >= 11 is 0. The first-order valence-corrected chi connectivity index (χ1v) is 9.41. The molecule has 0 aliphatic heterocycles. The molecule has 4 rings (SSSR count). The fraction of sp³-hybridized carbons (Fsp3) is 0.143. The summed E-state index contributed by atoms with van der Waals surface area (Å²) in [7, 11) is 0. The Labute approximate surface area is 179 Å². The topological polar surface area (TPSA) is 112 Å². The molecule has 0 fully saturated rings. The van der Waals surface area contributed by atoms with E-state index in [1.807, 2.05) is 30.3 Å².